The van der Waals surface area contributed by atoms with Gasteiger partial charge in [0.1, 0.15) is 6.33 Å². The zero-order valence-electron chi connectivity index (χ0n) is 8.51. The summed E-state index contributed by atoms with van der Waals surface area (Å²) < 4.78 is 1.49. The fourth-order valence-corrected chi connectivity index (χ4v) is 1.47. The highest BCUT2D eigenvalue weighted by Crippen LogP contribution is 2.09. The third-order valence-electron chi connectivity index (χ3n) is 2.15. The van der Waals surface area contributed by atoms with Gasteiger partial charge in [0.05, 0.1) is 11.3 Å². The maximum Gasteiger partial charge on any atom is 0.267 e. The molecule has 0 saturated carbocycles. The molecule has 0 fully saturated rings. The smallest absolute Gasteiger partial charge is 0.267 e. The van der Waals surface area contributed by atoms with E-state index in [1.807, 2.05) is 6.92 Å². The second kappa shape index (κ2) is 3.94. The van der Waals surface area contributed by atoms with Crippen LogP contribution in [0.5, 0.6) is 0 Å². The van der Waals surface area contributed by atoms with Crippen molar-refractivity contribution in [3.63, 3.8) is 0 Å². The Hall–Kier alpha value is -2.49. The number of fused-ring (bicyclic) bond motifs is 1. The van der Waals surface area contributed by atoms with Gasteiger partial charge in [-0.1, -0.05) is 6.92 Å². The highest BCUT2D eigenvalue weighted by molar-refractivity contribution is 5.96. The molecule has 0 aliphatic heterocycles. The van der Waals surface area contributed by atoms with Crippen LogP contribution in [0.25, 0.3) is 5.78 Å². The Bertz CT molecular complexity index is 581. The zero-order valence-corrected chi connectivity index (χ0v) is 8.51. The molecule has 0 aromatic carbocycles. The summed E-state index contributed by atoms with van der Waals surface area (Å²) in [5.74, 6) is -0.0467. The van der Waals surface area contributed by atoms with Gasteiger partial charge in [0.25, 0.3) is 11.7 Å². The fourth-order valence-electron chi connectivity index (χ4n) is 1.47. The van der Waals surface area contributed by atoms with Crippen molar-refractivity contribution in [1.82, 2.24) is 24.9 Å². The van der Waals surface area contributed by atoms with Crippen LogP contribution in [0.1, 0.15) is 23.0 Å². The number of hydrogen-bond donors (Lipinski definition) is 1. The molecule has 2 heterocycles. The second-order valence-electron chi connectivity index (χ2n) is 3.01. The minimum Gasteiger partial charge on any atom is -0.268 e. The van der Waals surface area contributed by atoms with Crippen molar-refractivity contribution in [1.29, 1.82) is 5.26 Å². The van der Waals surface area contributed by atoms with Crippen molar-refractivity contribution >= 4 is 11.7 Å². The highest BCUT2D eigenvalue weighted by Gasteiger charge is 2.14. The molecule has 2 aromatic heterocycles. The van der Waals surface area contributed by atoms with Gasteiger partial charge in [-0.25, -0.2) is 9.50 Å². The lowest BCUT2D eigenvalue weighted by Crippen LogP contribution is -2.21. The molecule has 0 atom stereocenters. The van der Waals surface area contributed by atoms with Crippen molar-refractivity contribution in [3.05, 3.63) is 23.8 Å². The van der Waals surface area contributed by atoms with E-state index in [4.69, 9.17) is 5.26 Å². The Kier molecular flexibility index (Phi) is 2.47. The van der Waals surface area contributed by atoms with Crippen molar-refractivity contribution < 1.29 is 4.79 Å². The molecule has 2 rings (SSSR count). The van der Waals surface area contributed by atoms with E-state index >= 15 is 0 Å². The maximum atomic E-state index is 11.6. The summed E-state index contributed by atoms with van der Waals surface area (Å²) in [5.41, 5.74) is 1.01. The molecule has 0 aliphatic carbocycles. The molecule has 16 heavy (non-hydrogen) atoms. The molecule has 7 nitrogen and oxygen atoms in total. The average Bonchev–Trinajstić information content (AvgIpc) is 2.75. The molecule has 80 valence electrons. The van der Waals surface area contributed by atoms with Crippen LogP contribution in [0, 0.1) is 11.5 Å². The van der Waals surface area contributed by atoms with Gasteiger partial charge in [0, 0.05) is 6.20 Å². The first-order valence-electron chi connectivity index (χ1n) is 4.65. The Labute approximate surface area is 90.7 Å². The van der Waals surface area contributed by atoms with E-state index in [1.165, 1.54) is 17.0 Å². The number of aryl methyl sites for hydroxylation is 1. The minimum absolute atomic E-state index is 0.335. The van der Waals surface area contributed by atoms with Gasteiger partial charge in [-0.3, -0.25) is 10.1 Å². The molecular formula is C9H8N6O. The van der Waals surface area contributed by atoms with Gasteiger partial charge in [-0.15, -0.1) is 0 Å². The number of rotatable bonds is 2. The van der Waals surface area contributed by atoms with Crippen LogP contribution < -0.4 is 5.32 Å². The quantitative estimate of drug-likeness (QED) is 0.558. The van der Waals surface area contributed by atoms with Crippen molar-refractivity contribution in [2.24, 2.45) is 0 Å². The monoisotopic (exact) mass is 216 g/mol. The van der Waals surface area contributed by atoms with Gasteiger partial charge in [-0.2, -0.15) is 15.3 Å². The normalized spacial score (nSPS) is 10.0. The van der Waals surface area contributed by atoms with Crippen LogP contribution in [0.15, 0.2) is 12.5 Å². The number of carbonyl (C=O) groups excluding carboxylic acids is 1. The lowest BCUT2D eigenvalue weighted by atomic mass is 10.2. The zero-order chi connectivity index (χ0) is 11.5. The third-order valence-corrected chi connectivity index (χ3v) is 2.15. The molecule has 1 N–H and O–H groups in total. The van der Waals surface area contributed by atoms with E-state index in [0.29, 0.717) is 23.5 Å². The summed E-state index contributed by atoms with van der Waals surface area (Å²) in [6.07, 6.45) is 4.95. The van der Waals surface area contributed by atoms with Crippen LogP contribution >= 0.6 is 0 Å². The van der Waals surface area contributed by atoms with Crippen LogP contribution in [0.4, 0.5) is 0 Å². The largest absolute Gasteiger partial charge is 0.268 e. The van der Waals surface area contributed by atoms with E-state index in [0.717, 1.165) is 0 Å². The number of amides is 1. The van der Waals surface area contributed by atoms with Crippen molar-refractivity contribution in [2.45, 2.75) is 13.3 Å². The number of carbonyl (C=O) groups is 1. The first-order chi connectivity index (χ1) is 7.77. The highest BCUT2D eigenvalue weighted by atomic mass is 16.1. The SMILES string of the molecule is CCc1c(C(=O)NC#N)cnc2ncnn12. The summed E-state index contributed by atoms with van der Waals surface area (Å²) in [4.78, 5) is 19.4. The number of nitriles is 1. The average molecular weight is 216 g/mol. The first-order valence-corrected chi connectivity index (χ1v) is 4.65. The van der Waals surface area contributed by atoms with E-state index in [1.54, 1.807) is 6.19 Å². The molecule has 0 saturated heterocycles. The number of nitrogens with one attached hydrogen (secondary N) is 1. The Balaban J connectivity index is 2.61. The predicted molar refractivity (Wildman–Crippen MR) is 53.2 cm³/mol. The van der Waals surface area contributed by atoms with E-state index in [2.05, 4.69) is 20.4 Å². The molecular weight excluding hydrogens is 208 g/mol. The molecule has 0 unspecified atom stereocenters. The van der Waals surface area contributed by atoms with Gasteiger partial charge >= 0.3 is 0 Å². The summed E-state index contributed by atoms with van der Waals surface area (Å²) in [5, 5.41) is 14.4. The first kappa shape index (κ1) is 10.0. The van der Waals surface area contributed by atoms with E-state index in [9.17, 15) is 4.79 Å². The van der Waals surface area contributed by atoms with Crippen LogP contribution in [-0.2, 0) is 6.42 Å². The van der Waals surface area contributed by atoms with E-state index in [-0.39, 0.29) is 0 Å². The fraction of sp³-hybridized carbons (Fsp3) is 0.222. The van der Waals surface area contributed by atoms with Crippen molar-refractivity contribution in [2.75, 3.05) is 0 Å². The van der Waals surface area contributed by atoms with Crippen LogP contribution in [0.2, 0.25) is 0 Å². The molecule has 0 aliphatic rings. The summed E-state index contributed by atoms with van der Waals surface area (Å²) in [7, 11) is 0. The Morgan fingerprint density at radius 1 is 1.62 bits per heavy atom. The Morgan fingerprint density at radius 3 is 3.12 bits per heavy atom. The summed E-state index contributed by atoms with van der Waals surface area (Å²) >= 11 is 0. The lowest BCUT2D eigenvalue weighted by molar-refractivity contribution is 0.0971. The van der Waals surface area contributed by atoms with Gasteiger partial charge in [-0.05, 0) is 6.42 Å². The summed E-state index contributed by atoms with van der Waals surface area (Å²) in [6.45, 7) is 1.89. The lowest BCUT2D eigenvalue weighted by Gasteiger charge is -2.05. The minimum atomic E-state index is -0.482. The number of aromatic nitrogens is 4. The standard InChI is InChI=1S/C9H8N6O/c1-2-7-6(8(16)12-4-10)3-11-9-13-5-14-15(7)9/h3,5H,2H2,1H3,(H,12,16). The van der Waals surface area contributed by atoms with Gasteiger partial charge < -0.3 is 0 Å². The molecule has 0 radical (unpaired) electrons. The maximum absolute atomic E-state index is 11.6. The van der Waals surface area contributed by atoms with Gasteiger partial charge in [0.2, 0.25) is 0 Å². The summed E-state index contributed by atoms with van der Waals surface area (Å²) in [6, 6.07) is 0. The third kappa shape index (κ3) is 1.46. The second-order valence-corrected chi connectivity index (χ2v) is 3.01. The van der Waals surface area contributed by atoms with Crippen LogP contribution in [-0.4, -0.2) is 25.5 Å². The van der Waals surface area contributed by atoms with Gasteiger partial charge in [0.15, 0.2) is 6.19 Å². The number of hydrogen-bond acceptors (Lipinski definition) is 5. The molecule has 0 spiro atoms. The Morgan fingerprint density at radius 2 is 2.44 bits per heavy atom. The van der Waals surface area contributed by atoms with Crippen LogP contribution in [0.3, 0.4) is 0 Å². The van der Waals surface area contributed by atoms with Crippen molar-refractivity contribution in [3.8, 4) is 6.19 Å². The van der Waals surface area contributed by atoms with E-state index < -0.39 is 5.91 Å². The molecule has 1 amide bonds. The molecule has 2 aromatic rings. The predicted octanol–water partition coefficient (Wildman–Crippen LogP) is -0.102. The molecule has 0 bridgehead atoms. The molecule has 7 heteroatoms. The number of nitrogens with zero attached hydrogens (tertiary/aromatic N) is 5. The topological polar surface area (TPSA) is 96.0 Å².